The van der Waals surface area contributed by atoms with Crippen LogP contribution in [0.5, 0.6) is 5.75 Å². The van der Waals surface area contributed by atoms with Crippen LogP contribution >= 0.6 is 0 Å². The van der Waals surface area contributed by atoms with Gasteiger partial charge in [0.25, 0.3) is 0 Å². The van der Waals surface area contributed by atoms with Gasteiger partial charge >= 0.3 is 0 Å². The minimum absolute atomic E-state index is 0.140. The molecule has 29 heavy (non-hydrogen) atoms. The number of carbonyl (C=O) groups is 1. The SMILES string of the molecule is COc1ccc(S(=O)(=O)N(CCc2ccccc2)CC(=O)NCCC(C)C)cc1. The van der Waals surface area contributed by atoms with Gasteiger partial charge in [0.05, 0.1) is 18.6 Å². The number of hydrogen-bond acceptors (Lipinski definition) is 4. The molecule has 1 N–H and O–H groups in total. The fraction of sp³-hybridized carbons (Fsp3) is 0.409. The van der Waals surface area contributed by atoms with E-state index in [0.29, 0.717) is 24.6 Å². The van der Waals surface area contributed by atoms with Gasteiger partial charge < -0.3 is 10.1 Å². The van der Waals surface area contributed by atoms with Crippen LogP contribution in [-0.4, -0.2) is 45.4 Å². The van der Waals surface area contributed by atoms with Crippen LogP contribution in [0.4, 0.5) is 0 Å². The molecule has 0 fully saturated rings. The summed E-state index contributed by atoms with van der Waals surface area (Å²) in [5.41, 5.74) is 1.02. The highest BCUT2D eigenvalue weighted by atomic mass is 32.2. The molecule has 0 aliphatic rings. The molecule has 0 saturated carbocycles. The van der Waals surface area contributed by atoms with Crippen molar-refractivity contribution in [2.75, 3.05) is 26.7 Å². The number of benzene rings is 2. The molecule has 0 radical (unpaired) electrons. The van der Waals surface area contributed by atoms with Crippen molar-refractivity contribution in [3.63, 3.8) is 0 Å². The molecule has 0 aliphatic carbocycles. The van der Waals surface area contributed by atoms with Crippen LogP contribution in [-0.2, 0) is 21.2 Å². The van der Waals surface area contributed by atoms with E-state index in [0.717, 1.165) is 12.0 Å². The molecule has 0 spiro atoms. The predicted octanol–water partition coefficient (Wildman–Crippen LogP) is 3.09. The highest BCUT2D eigenvalue weighted by Crippen LogP contribution is 2.20. The van der Waals surface area contributed by atoms with Crippen LogP contribution < -0.4 is 10.1 Å². The number of amides is 1. The second-order valence-corrected chi connectivity index (χ2v) is 9.22. The molecular weight excluding hydrogens is 388 g/mol. The summed E-state index contributed by atoms with van der Waals surface area (Å²) >= 11 is 0. The Kier molecular flexibility index (Phi) is 8.67. The molecule has 0 aliphatic heterocycles. The summed E-state index contributed by atoms with van der Waals surface area (Å²) in [5.74, 6) is 0.745. The van der Waals surface area contributed by atoms with Gasteiger partial charge in [0, 0.05) is 13.1 Å². The summed E-state index contributed by atoms with van der Waals surface area (Å²) in [7, 11) is -2.29. The van der Waals surface area contributed by atoms with Crippen LogP contribution in [0.3, 0.4) is 0 Å². The van der Waals surface area contributed by atoms with Gasteiger partial charge in [-0.15, -0.1) is 0 Å². The van der Waals surface area contributed by atoms with E-state index in [1.54, 1.807) is 12.1 Å². The van der Waals surface area contributed by atoms with E-state index in [9.17, 15) is 13.2 Å². The van der Waals surface area contributed by atoms with Gasteiger partial charge in [0.2, 0.25) is 15.9 Å². The van der Waals surface area contributed by atoms with Gasteiger partial charge in [-0.25, -0.2) is 8.42 Å². The largest absolute Gasteiger partial charge is 0.497 e. The van der Waals surface area contributed by atoms with Gasteiger partial charge in [-0.05, 0) is 48.6 Å². The van der Waals surface area contributed by atoms with E-state index in [2.05, 4.69) is 19.2 Å². The second kappa shape index (κ2) is 11.0. The Balaban J connectivity index is 2.16. The van der Waals surface area contributed by atoms with Crippen molar-refractivity contribution in [2.24, 2.45) is 5.92 Å². The molecule has 0 atom stereocenters. The van der Waals surface area contributed by atoms with Gasteiger partial charge in [0.1, 0.15) is 5.75 Å². The first-order valence-electron chi connectivity index (χ1n) is 9.77. The first-order valence-corrected chi connectivity index (χ1v) is 11.2. The smallest absolute Gasteiger partial charge is 0.243 e. The predicted molar refractivity (Wildman–Crippen MR) is 114 cm³/mol. The van der Waals surface area contributed by atoms with E-state index in [-0.39, 0.29) is 23.9 Å². The van der Waals surface area contributed by atoms with Crippen molar-refractivity contribution in [3.8, 4) is 5.75 Å². The average molecular weight is 419 g/mol. The quantitative estimate of drug-likeness (QED) is 0.608. The van der Waals surface area contributed by atoms with Gasteiger partial charge in [-0.3, -0.25) is 4.79 Å². The van der Waals surface area contributed by atoms with Crippen molar-refractivity contribution < 1.29 is 17.9 Å². The maximum absolute atomic E-state index is 13.2. The summed E-state index contributed by atoms with van der Waals surface area (Å²) in [6.07, 6.45) is 1.37. The zero-order valence-corrected chi connectivity index (χ0v) is 18.1. The van der Waals surface area contributed by atoms with Crippen molar-refractivity contribution in [1.82, 2.24) is 9.62 Å². The van der Waals surface area contributed by atoms with Crippen LogP contribution in [0, 0.1) is 5.92 Å². The third-order valence-corrected chi connectivity index (χ3v) is 6.41. The van der Waals surface area contributed by atoms with E-state index < -0.39 is 10.0 Å². The van der Waals surface area contributed by atoms with Crippen molar-refractivity contribution >= 4 is 15.9 Å². The molecule has 7 heteroatoms. The lowest BCUT2D eigenvalue weighted by Gasteiger charge is -2.22. The Morgan fingerprint density at radius 1 is 1.07 bits per heavy atom. The minimum Gasteiger partial charge on any atom is -0.497 e. The van der Waals surface area contributed by atoms with Gasteiger partial charge in [0.15, 0.2) is 0 Å². The standard InChI is InChI=1S/C22H30N2O4S/c1-18(2)13-15-23-22(25)17-24(16-14-19-7-5-4-6-8-19)29(26,27)21-11-9-20(28-3)10-12-21/h4-12,18H,13-17H2,1-3H3,(H,23,25). The first kappa shape index (κ1) is 22.9. The summed E-state index contributed by atoms with van der Waals surface area (Å²) < 4.78 is 32.7. The fourth-order valence-electron chi connectivity index (χ4n) is 2.80. The fourth-order valence-corrected chi connectivity index (χ4v) is 4.19. The van der Waals surface area contributed by atoms with Crippen LogP contribution in [0.2, 0.25) is 0 Å². The van der Waals surface area contributed by atoms with Crippen molar-refractivity contribution in [3.05, 3.63) is 60.2 Å². The lowest BCUT2D eigenvalue weighted by Crippen LogP contribution is -2.42. The number of nitrogens with one attached hydrogen (secondary N) is 1. The number of nitrogens with zero attached hydrogens (tertiary/aromatic N) is 1. The topological polar surface area (TPSA) is 75.7 Å². The van der Waals surface area contributed by atoms with Crippen LogP contribution in [0.15, 0.2) is 59.5 Å². The second-order valence-electron chi connectivity index (χ2n) is 7.28. The van der Waals surface area contributed by atoms with Crippen LogP contribution in [0.25, 0.3) is 0 Å². The van der Waals surface area contributed by atoms with Gasteiger partial charge in [-0.2, -0.15) is 4.31 Å². The van der Waals surface area contributed by atoms with E-state index in [1.807, 2.05) is 30.3 Å². The van der Waals surface area contributed by atoms with Crippen molar-refractivity contribution in [2.45, 2.75) is 31.6 Å². The molecule has 0 unspecified atom stereocenters. The lowest BCUT2D eigenvalue weighted by atomic mass is 10.1. The van der Waals surface area contributed by atoms with Crippen molar-refractivity contribution in [1.29, 1.82) is 0 Å². The van der Waals surface area contributed by atoms with E-state index in [1.165, 1.54) is 23.5 Å². The Bertz CT molecular complexity index is 865. The first-order chi connectivity index (χ1) is 13.8. The lowest BCUT2D eigenvalue weighted by molar-refractivity contribution is -0.121. The highest BCUT2D eigenvalue weighted by Gasteiger charge is 2.26. The van der Waals surface area contributed by atoms with E-state index in [4.69, 9.17) is 4.74 Å². The molecule has 0 aromatic heterocycles. The zero-order valence-electron chi connectivity index (χ0n) is 17.3. The molecular formula is C22H30N2O4S. The molecule has 0 heterocycles. The van der Waals surface area contributed by atoms with Gasteiger partial charge in [-0.1, -0.05) is 44.2 Å². The number of sulfonamides is 1. The molecule has 2 aromatic rings. The molecule has 0 bridgehead atoms. The third kappa shape index (κ3) is 7.18. The Labute approximate surface area is 173 Å². The summed E-state index contributed by atoms with van der Waals surface area (Å²) in [5, 5.41) is 2.82. The Morgan fingerprint density at radius 3 is 2.31 bits per heavy atom. The number of hydrogen-bond donors (Lipinski definition) is 1. The summed E-state index contributed by atoms with van der Waals surface area (Å²) in [4.78, 5) is 12.5. The molecule has 158 valence electrons. The molecule has 6 nitrogen and oxygen atoms in total. The normalized spacial score (nSPS) is 11.6. The maximum atomic E-state index is 13.2. The molecule has 2 rings (SSSR count). The Hall–Kier alpha value is -2.38. The number of carbonyl (C=O) groups excluding carboxylic acids is 1. The summed E-state index contributed by atoms with van der Waals surface area (Å²) in [6, 6.07) is 15.8. The minimum atomic E-state index is -3.82. The van der Waals surface area contributed by atoms with E-state index >= 15 is 0 Å². The average Bonchev–Trinajstić information content (AvgIpc) is 2.71. The number of methoxy groups -OCH3 is 1. The van der Waals surface area contributed by atoms with Crippen LogP contribution in [0.1, 0.15) is 25.8 Å². The Morgan fingerprint density at radius 2 is 1.72 bits per heavy atom. The zero-order chi connectivity index (χ0) is 21.3. The maximum Gasteiger partial charge on any atom is 0.243 e. The molecule has 1 amide bonds. The third-order valence-electron chi connectivity index (χ3n) is 4.55. The molecule has 2 aromatic carbocycles. The molecule has 0 saturated heterocycles. The number of rotatable bonds is 11. The monoisotopic (exact) mass is 418 g/mol. The number of ether oxygens (including phenoxy) is 1. The highest BCUT2D eigenvalue weighted by molar-refractivity contribution is 7.89. The summed E-state index contributed by atoms with van der Waals surface area (Å²) in [6.45, 7) is 4.69.